The maximum atomic E-state index is 11.5. The largest absolute Gasteiger partial charge is 0.388 e. The second kappa shape index (κ2) is 13.3. The molecule has 0 bridgehead atoms. The molecule has 1 saturated heterocycles. The molecule has 0 unspecified atom stereocenters. The minimum Gasteiger partial charge on any atom is -0.388 e. The topological polar surface area (TPSA) is 57.2 Å². The number of hydrogen-bond donors (Lipinski definition) is 1. The van der Waals surface area contributed by atoms with Crippen LogP contribution in [0, 0.1) is 5.41 Å². The number of ether oxygens (including phenoxy) is 4. The number of aliphatic hydroxyl groups is 1. The van der Waals surface area contributed by atoms with E-state index in [2.05, 4.69) is 20.8 Å². The summed E-state index contributed by atoms with van der Waals surface area (Å²) in [6.07, 6.45) is -1.96. The monoisotopic (exact) mass is 504 g/mol. The minimum atomic E-state index is -0.825. The van der Waals surface area contributed by atoms with Gasteiger partial charge in [0.05, 0.1) is 32.5 Å². The van der Waals surface area contributed by atoms with E-state index in [1.807, 2.05) is 91.0 Å². The lowest BCUT2D eigenvalue weighted by molar-refractivity contribution is -0.265. The smallest absolute Gasteiger partial charge is 0.115 e. The predicted molar refractivity (Wildman–Crippen MR) is 145 cm³/mol. The van der Waals surface area contributed by atoms with Gasteiger partial charge in [-0.25, -0.2) is 0 Å². The average Bonchev–Trinajstić information content (AvgIpc) is 2.90. The molecule has 0 spiro atoms. The Morgan fingerprint density at radius 3 is 1.59 bits per heavy atom. The maximum absolute atomic E-state index is 11.5. The van der Waals surface area contributed by atoms with Crippen molar-refractivity contribution >= 4 is 0 Å². The van der Waals surface area contributed by atoms with Crippen molar-refractivity contribution in [1.82, 2.24) is 0 Å². The number of rotatable bonds is 11. The van der Waals surface area contributed by atoms with E-state index in [9.17, 15) is 5.11 Å². The van der Waals surface area contributed by atoms with Crippen LogP contribution in [-0.4, -0.2) is 42.2 Å². The molecule has 5 heteroatoms. The number of aliphatic hydroxyl groups excluding tert-OH is 1. The van der Waals surface area contributed by atoms with Gasteiger partial charge in [-0.05, 0) is 28.5 Å². The highest BCUT2D eigenvalue weighted by Gasteiger charge is 2.47. The van der Waals surface area contributed by atoms with Crippen molar-refractivity contribution in [1.29, 1.82) is 0 Å². The first-order chi connectivity index (χ1) is 17.9. The highest BCUT2D eigenvalue weighted by molar-refractivity contribution is 5.15. The summed E-state index contributed by atoms with van der Waals surface area (Å²) in [5.41, 5.74) is 3.18. The summed E-state index contributed by atoms with van der Waals surface area (Å²) in [6, 6.07) is 30.1. The lowest BCUT2D eigenvalue weighted by Crippen LogP contribution is -2.60. The molecule has 0 amide bonds. The molecule has 3 aromatic carbocycles. The second-order valence-corrected chi connectivity index (χ2v) is 11.0. The van der Waals surface area contributed by atoms with Crippen LogP contribution in [0.1, 0.15) is 43.9 Å². The Balaban J connectivity index is 1.54. The third-order valence-corrected chi connectivity index (χ3v) is 6.54. The summed E-state index contributed by atoms with van der Waals surface area (Å²) in [6.45, 7) is 8.06. The summed E-state index contributed by atoms with van der Waals surface area (Å²) < 4.78 is 25.5. The summed E-state index contributed by atoms with van der Waals surface area (Å²) >= 11 is 0. The lowest BCUT2D eigenvalue weighted by Gasteiger charge is -2.46. The summed E-state index contributed by atoms with van der Waals surface area (Å²) in [5, 5.41) is 11.5. The molecular formula is C32H40O5. The van der Waals surface area contributed by atoms with Gasteiger partial charge < -0.3 is 24.1 Å². The molecule has 4 rings (SSSR count). The molecule has 1 N–H and O–H groups in total. The molecule has 1 fully saturated rings. The van der Waals surface area contributed by atoms with E-state index in [0.29, 0.717) is 32.8 Å². The van der Waals surface area contributed by atoms with Crippen molar-refractivity contribution in [3.8, 4) is 0 Å². The van der Waals surface area contributed by atoms with E-state index in [1.165, 1.54) is 0 Å². The fourth-order valence-corrected chi connectivity index (χ4v) is 4.70. The highest BCUT2D eigenvalue weighted by atomic mass is 16.6. The fourth-order valence-electron chi connectivity index (χ4n) is 4.70. The Bertz CT molecular complexity index is 1040. The molecule has 0 aromatic heterocycles. The van der Waals surface area contributed by atoms with Gasteiger partial charge in [0, 0.05) is 0 Å². The molecule has 5 nitrogen and oxygen atoms in total. The highest BCUT2D eigenvalue weighted by Crippen LogP contribution is 2.34. The Morgan fingerprint density at radius 1 is 0.649 bits per heavy atom. The molecule has 37 heavy (non-hydrogen) atoms. The van der Waals surface area contributed by atoms with Gasteiger partial charge in [0.2, 0.25) is 0 Å². The minimum absolute atomic E-state index is 0.0250. The van der Waals surface area contributed by atoms with Crippen LogP contribution in [0.4, 0.5) is 0 Å². The van der Waals surface area contributed by atoms with Crippen LogP contribution in [0.3, 0.4) is 0 Å². The molecule has 1 aliphatic heterocycles. The number of hydrogen-bond acceptors (Lipinski definition) is 5. The van der Waals surface area contributed by atoms with Crippen molar-refractivity contribution < 1.29 is 24.1 Å². The Morgan fingerprint density at radius 2 is 1.11 bits per heavy atom. The van der Waals surface area contributed by atoms with E-state index < -0.39 is 18.3 Å². The van der Waals surface area contributed by atoms with Crippen LogP contribution in [0.25, 0.3) is 0 Å². The zero-order chi connectivity index (χ0) is 26.1. The van der Waals surface area contributed by atoms with Crippen LogP contribution in [0.5, 0.6) is 0 Å². The molecular weight excluding hydrogens is 464 g/mol. The normalized spacial score (nSPS) is 24.2. The average molecular weight is 505 g/mol. The van der Waals surface area contributed by atoms with Crippen molar-refractivity contribution in [2.75, 3.05) is 6.61 Å². The van der Waals surface area contributed by atoms with Crippen LogP contribution in [0.15, 0.2) is 91.0 Å². The second-order valence-electron chi connectivity index (χ2n) is 11.0. The van der Waals surface area contributed by atoms with Crippen molar-refractivity contribution in [3.05, 3.63) is 108 Å². The van der Waals surface area contributed by atoms with Crippen LogP contribution in [0.2, 0.25) is 0 Å². The van der Waals surface area contributed by atoms with E-state index in [0.717, 1.165) is 16.7 Å². The fraction of sp³-hybridized carbons (Fsp3) is 0.438. The standard InChI is InChI=1S/C32H40O5/c1-32(2,3)19-27-29(33)31(36-22-26-17-11-6-12-18-26)30(35-21-25-15-9-5-10-16-25)28(37-27)23-34-20-24-13-7-4-8-14-24/h4-18,27-31,33H,19-23H2,1-3H3/t27-,28+,29-,30+,31+/m0/s1. The predicted octanol–water partition coefficient (Wildman–Crippen LogP) is 5.94. The first kappa shape index (κ1) is 27.5. The molecule has 0 radical (unpaired) electrons. The van der Waals surface area contributed by atoms with Gasteiger partial charge in [0.1, 0.15) is 24.4 Å². The third kappa shape index (κ3) is 8.49. The third-order valence-electron chi connectivity index (χ3n) is 6.54. The van der Waals surface area contributed by atoms with Gasteiger partial charge in [-0.3, -0.25) is 0 Å². The quantitative estimate of drug-likeness (QED) is 0.350. The van der Waals surface area contributed by atoms with Crippen LogP contribution in [-0.2, 0) is 38.8 Å². The zero-order valence-electron chi connectivity index (χ0n) is 22.2. The van der Waals surface area contributed by atoms with Gasteiger partial charge in [0.15, 0.2) is 0 Å². The zero-order valence-corrected chi connectivity index (χ0v) is 22.2. The van der Waals surface area contributed by atoms with Crippen LogP contribution < -0.4 is 0 Å². The Hall–Kier alpha value is -2.54. The van der Waals surface area contributed by atoms with E-state index in [4.69, 9.17) is 18.9 Å². The summed E-state index contributed by atoms with van der Waals surface area (Å²) in [5.74, 6) is 0. The molecule has 3 aromatic rings. The van der Waals surface area contributed by atoms with Crippen molar-refractivity contribution in [2.45, 2.75) is 77.5 Å². The van der Waals surface area contributed by atoms with E-state index in [1.54, 1.807) is 0 Å². The lowest BCUT2D eigenvalue weighted by atomic mass is 9.83. The van der Waals surface area contributed by atoms with Gasteiger partial charge in [-0.2, -0.15) is 0 Å². The molecule has 5 atom stereocenters. The van der Waals surface area contributed by atoms with Gasteiger partial charge >= 0.3 is 0 Å². The first-order valence-electron chi connectivity index (χ1n) is 13.2. The van der Waals surface area contributed by atoms with E-state index in [-0.39, 0.29) is 17.6 Å². The van der Waals surface area contributed by atoms with Crippen LogP contribution >= 0.6 is 0 Å². The van der Waals surface area contributed by atoms with Crippen molar-refractivity contribution in [3.63, 3.8) is 0 Å². The molecule has 1 heterocycles. The molecule has 0 aliphatic carbocycles. The van der Waals surface area contributed by atoms with Gasteiger partial charge in [-0.15, -0.1) is 0 Å². The molecule has 1 aliphatic rings. The SMILES string of the molecule is CC(C)(C)C[C@@H]1O[C@H](COCc2ccccc2)[C@@H](OCc2ccccc2)[C@H](OCc2ccccc2)[C@H]1O. The van der Waals surface area contributed by atoms with E-state index >= 15 is 0 Å². The number of benzene rings is 3. The summed E-state index contributed by atoms with van der Waals surface area (Å²) in [4.78, 5) is 0. The Labute approximate surface area is 221 Å². The first-order valence-corrected chi connectivity index (χ1v) is 13.2. The van der Waals surface area contributed by atoms with Crippen molar-refractivity contribution in [2.24, 2.45) is 5.41 Å². The Kier molecular flexibility index (Phi) is 9.89. The van der Waals surface area contributed by atoms with Gasteiger partial charge in [-0.1, -0.05) is 112 Å². The van der Waals surface area contributed by atoms with Gasteiger partial charge in [0.25, 0.3) is 0 Å². The summed E-state index contributed by atoms with van der Waals surface area (Å²) in [7, 11) is 0. The maximum Gasteiger partial charge on any atom is 0.115 e. The molecule has 198 valence electrons. The molecule has 0 saturated carbocycles.